The van der Waals surface area contributed by atoms with Crippen molar-refractivity contribution in [2.75, 3.05) is 14.2 Å². The molecule has 1 aromatic heterocycles. The molecule has 0 radical (unpaired) electrons. The smallest absolute Gasteiger partial charge is 0.269 e. The number of nitro groups is 1. The number of hydrogen-bond acceptors (Lipinski definition) is 8. The second-order valence-electron chi connectivity index (χ2n) is 8.23. The molecule has 10 nitrogen and oxygen atoms in total. The molecule has 2 aromatic carbocycles. The predicted octanol–water partition coefficient (Wildman–Crippen LogP) is 3.54. The standard InChI is InChI=1S/C26H24N4O6/c1-15-12-22-24(26(31)29(15)11-10-16-4-9-20(34-2)21(13-16)35-3)23(19(14-27)25(28)36-22)17-5-7-18(8-6-17)30(32)33/h4-9,12-13,23H,10-11,28H2,1-3H3/t23-/m0/s1. The van der Waals surface area contributed by atoms with Gasteiger partial charge in [-0.05, 0) is 36.6 Å². The molecule has 2 N–H and O–H groups in total. The highest BCUT2D eigenvalue weighted by Crippen LogP contribution is 2.40. The number of benzene rings is 2. The molecule has 10 heteroatoms. The van der Waals surface area contributed by atoms with Gasteiger partial charge in [0.1, 0.15) is 17.4 Å². The highest BCUT2D eigenvalue weighted by molar-refractivity contribution is 5.56. The number of nitriles is 1. The molecule has 0 spiro atoms. The van der Waals surface area contributed by atoms with Crippen molar-refractivity contribution in [2.45, 2.75) is 25.8 Å². The Morgan fingerprint density at radius 2 is 1.83 bits per heavy atom. The highest BCUT2D eigenvalue weighted by Gasteiger charge is 2.34. The van der Waals surface area contributed by atoms with Gasteiger partial charge in [-0.25, -0.2) is 0 Å². The van der Waals surface area contributed by atoms with Gasteiger partial charge in [0.2, 0.25) is 5.88 Å². The van der Waals surface area contributed by atoms with Crippen molar-refractivity contribution in [3.8, 4) is 23.3 Å². The molecule has 0 unspecified atom stereocenters. The Kier molecular flexibility index (Phi) is 6.65. The summed E-state index contributed by atoms with van der Waals surface area (Å²) in [5.41, 5.74) is 8.07. The molecule has 0 bridgehead atoms. The first-order valence-electron chi connectivity index (χ1n) is 11.1. The van der Waals surface area contributed by atoms with Crippen LogP contribution in [0.15, 0.2) is 64.8 Å². The lowest BCUT2D eigenvalue weighted by atomic mass is 9.84. The third-order valence-electron chi connectivity index (χ3n) is 6.20. The van der Waals surface area contributed by atoms with Crippen LogP contribution < -0.4 is 25.5 Å². The van der Waals surface area contributed by atoms with Gasteiger partial charge in [0.05, 0.1) is 30.6 Å². The number of aryl methyl sites for hydroxylation is 2. The van der Waals surface area contributed by atoms with Crippen LogP contribution in [0.25, 0.3) is 0 Å². The number of methoxy groups -OCH3 is 2. The van der Waals surface area contributed by atoms with Crippen molar-refractivity contribution in [3.05, 3.63) is 103 Å². The van der Waals surface area contributed by atoms with Gasteiger partial charge >= 0.3 is 0 Å². The van der Waals surface area contributed by atoms with Crippen LogP contribution in [0.4, 0.5) is 5.69 Å². The normalized spacial score (nSPS) is 14.4. The number of nitrogens with two attached hydrogens (primary N) is 1. The molecule has 2 heterocycles. The molecule has 0 amide bonds. The van der Waals surface area contributed by atoms with E-state index in [0.717, 1.165) is 5.56 Å². The van der Waals surface area contributed by atoms with Crippen LogP contribution in [-0.4, -0.2) is 23.7 Å². The Bertz CT molecular complexity index is 1470. The first kappa shape index (κ1) is 24.3. The molecule has 184 valence electrons. The van der Waals surface area contributed by atoms with Crippen LogP contribution in [0.3, 0.4) is 0 Å². The second-order valence-corrected chi connectivity index (χ2v) is 8.23. The Morgan fingerprint density at radius 1 is 1.14 bits per heavy atom. The Balaban J connectivity index is 1.76. The molecular weight excluding hydrogens is 464 g/mol. The molecule has 36 heavy (non-hydrogen) atoms. The first-order valence-corrected chi connectivity index (χ1v) is 11.1. The minimum absolute atomic E-state index is 0.0729. The number of pyridine rings is 1. The minimum Gasteiger partial charge on any atom is -0.493 e. The van der Waals surface area contributed by atoms with Crippen molar-refractivity contribution in [3.63, 3.8) is 0 Å². The summed E-state index contributed by atoms with van der Waals surface area (Å²) in [7, 11) is 3.12. The van der Waals surface area contributed by atoms with Crippen LogP contribution in [0.2, 0.25) is 0 Å². The number of nitro benzene ring substituents is 1. The highest BCUT2D eigenvalue weighted by atomic mass is 16.6. The van der Waals surface area contributed by atoms with Crippen molar-refractivity contribution in [1.82, 2.24) is 4.57 Å². The van der Waals surface area contributed by atoms with Crippen LogP contribution in [-0.2, 0) is 13.0 Å². The molecule has 4 rings (SSSR count). The largest absolute Gasteiger partial charge is 0.493 e. The Hall–Kier alpha value is -4.78. The number of nitrogens with zero attached hydrogens (tertiary/aromatic N) is 3. The summed E-state index contributed by atoms with van der Waals surface area (Å²) in [6.07, 6.45) is 0.534. The van der Waals surface area contributed by atoms with E-state index >= 15 is 0 Å². The Labute approximate surface area is 206 Å². The molecule has 3 aromatic rings. The zero-order chi connectivity index (χ0) is 26.0. The van der Waals surface area contributed by atoms with Gasteiger partial charge in [-0.15, -0.1) is 0 Å². The first-order chi connectivity index (χ1) is 17.3. The van der Waals surface area contributed by atoms with E-state index < -0.39 is 10.8 Å². The third kappa shape index (κ3) is 4.34. The number of hydrogen-bond donors (Lipinski definition) is 1. The number of ether oxygens (including phenoxy) is 3. The quantitative estimate of drug-likeness (QED) is 0.393. The topological polar surface area (TPSA) is 143 Å². The maximum atomic E-state index is 13.8. The van der Waals surface area contributed by atoms with Gasteiger partial charge in [-0.3, -0.25) is 14.9 Å². The van der Waals surface area contributed by atoms with E-state index in [4.69, 9.17) is 19.9 Å². The molecule has 1 atom stereocenters. The van der Waals surface area contributed by atoms with E-state index in [-0.39, 0.29) is 34.0 Å². The van der Waals surface area contributed by atoms with E-state index in [9.17, 15) is 20.2 Å². The molecule has 0 aliphatic carbocycles. The number of allylic oxidation sites excluding steroid dienone is 1. The van der Waals surface area contributed by atoms with Crippen LogP contribution in [0.5, 0.6) is 17.2 Å². The Morgan fingerprint density at radius 3 is 2.44 bits per heavy atom. The third-order valence-corrected chi connectivity index (χ3v) is 6.20. The number of aromatic nitrogens is 1. The zero-order valence-electron chi connectivity index (χ0n) is 20.0. The molecule has 0 fully saturated rings. The van der Waals surface area contributed by atoms with Crippen molar-refractivity contribution < 1.29 is 19.1 Å². The predicted molar refractivity (Wildman–Crippen MR) is 131 cm³/mol. The average molecular weight is 489 g/mol. The zero-order valence-corrected chi connectivity index (χ0v) is 20.0. The van der Waals surface area contributed by atoms with Gasteiger partial charge in [-0.2, -0.15) is 5.26 Å². The number of rotatable bonds is 7. The van der Waals surface area contributed by atoms with Gasteiger partial charge in [0, 0.05) is 30.4 Å². The minimum atomic E-state index is -0.819. The lowest BCUT2D eigenvalue weighted by Gasteiger charge is -2.27. The number of fused-ring (bicyclic) bond motifs is 1. The maximum Gasteiger partial charge on any atom is 0.269 e. The summed E-state index contributed by atoms with van der Waals surface area (Å²) in [4.78, 5) is 24.3. The lowest BCUT2D eigenvalue weighted by Crippen LogP contribution is -2.33. The SMILES string of the molecule is COc1ccc(CCn2c(C)cc3c(c2=O)[C@@H](c2ccc([N+](=O)[O-])cc2)C(C#N)=C(N)O3)cc1OC. The summed E-state index contributed by atoms with van der Waals surface area (Å²) in [6, 6.07) is 15.0. The van der Waals surface area contributed by atoms with Crippen molar-refractivity contribution in [1.29, 1.82) is 5.26 Å². The fraction of sp³-hybridized carbons (Fsp3) is 0.231. The summed E-state index contributed by atoms with van der Waals surface area (Å²) in [5.74, 6) is 0.547. The maximum absolute atomic E-state index is 13.8. The second kappa shape index (κ2) is 9.84. The van der Waals surface area contributed by atoms with Crippen molar-refractivity contribution in [2.24, 2.45) is 5.73 Å². The van der Waals surface area contributed by atoms with E-state index in [1.807, 2.05) is 24.3 Å². The fourth-order valence-corrected chi connectivity index (χ4v) is 4.36. The number of non-ortho nitro benzene ring substituents is 1. The molecule has 1 aliphatic heterocycles. The van der Waals surface area contributed by atoms with E-state index in [1.54, 1.807) is 31.8 Å². The van der Waals surface area contributed by atoms with Gasteiger partial charge in [0.25, 0.3) is 11.2 Å². The molecular formula is C26H24N4O6. The van der Waals surface area contributed by atoms with Crippen LogP contribution in [0, 0.1) is 28.4 Å². The van der Waals surface area contributed by atoms with E-state index in [2.05, 4.69) is 0 Å². The van der Waals surface area contributed by atoms with Gasteiger partial charge in [-0.1, -0.05) is 18.2 Å². The summed E-state index contributed by atoms with van der Waals surface area (Å²) in [5, 5.41) is 20.9. The molecule has 0 saturated heterocycles. The van der Waals surface area contributed by atoms with Gasteiger partial charge in [0.15, 0.2) is 11.5 Å². The van der Waals surface area contributed by atoms with Gasteiger partial charge < -0.3 is 24.5 Å². The van der Waals surface area contributed by atoms with Crippen LogP contribution >= 0.6 is 0 Å². The summed E-state index contributed by atoms with van der Waals surface area (Å²) < 4.78 is 17.9. The van der Waals surface area contributed by atoms with Crippen LogP contribution in [0.1, 0.15) is 28.3 Å². The fourth-order valence-electron chi connectivity index (χ4n) is 4.36. The molecule has 1 aliphatic rings. The van der Waals surface area contributed by atoms with E-state index in [0.29, 0.717) is 35.7 Å². The monoisotopic (exact) mass is 488 g/mol. The summed E-state index contributed by atoms with van der Waals surface area (Å²) >= 11 is 0. The molecule has 0 saturated carbocycles. The van der Waals surface area contributed by atoms with E-state index in [1.165, 1.54) is 24.3 Å². The average Bonchev–Trinajstić information content (AvgIpc) is 2.87. The lowest BCUT2D eigenvalue weighted by molar-refractivity contribution is -0.384. The van der Waals surface area contributed by atoms with Crippen molar-refractivity contribution >= 4 is 5.69 Å². The summed E-state index contributed by atoms with van der Waals surface area (Å²) in [6.45, 7) is 2.15.